The highest BCUT2D eigenvalue weighted by molar-refractivity contribution is 4.96. The van der Waals surface area contributed by atoms with Gasteiger partial charge < -0.3 is 24.1 Å². The molecule has 4 atom stereocenters. The average Bonchev–Trinajstić information content (AvgIpc) is 2.88. The number of ether oxygens (including phenoxy) is 4. The lowest BCUT2D eigenvalue weighted by Gasteiger charge is -2.37. The molecule has 1 aliphatic rings. The molecule has 1 aromatic heterocycles. The largest absolute Gasteiger partial charge is 0.386 e. The van der Waals surface area contributed by atoms with Crippen LogP contribution in [0.3, 0.4) is 0 Å². The van der Waals surface area contributed by atoms with Crippen molar-refractivity contribution in [2.75, 3.05) is 20.3 Å². The quantitative estimate of drug-likeness (QED) is 0.568. The van der Waals surface area contributed by atoms with Gasteiger partial charge in [0, 0.05) is 25.8 Å². The second-order valence-electron chi connectivity index (χ2n) is 8.30. The van der Waals surface area contributed by atoms with Crippen LogP contribution in [0.4, 0.5) is 0 Å². The first-order chi connectivity index (χ1) is 13.5. The second-order valence-corrected chi connectivity index (χ2v) is 8.30. The molecule has 2 N–H and O–H groups in total. The molecule has 29 heavy (non-hydrogen) atoms. The predicted octanol–water partition coefficient (Wildman–Crippen LogP) is 0.424. The molecular weight excluding hydrogens is 380 g/mol. The Morgan fingerprint density at radius 3 is 2.59 bits per heavy atom. The van der Waals surface area contributed by atoms with Crippen LogP contribution in [-0.4, -0.2) is 64.5 Å². The van der Waals surface area contributed by atoms with Crippen molar-refractivity contribution in [1.82, 2.24) is 9.55 Å². The molecule has 1 aromatic rings. The van der Waals surface area contributed by atoms with Gasteiger partial charge in [0.1, 0.15) is 24.9 Å². The number of hydrogen-bond donors (Lipinski definition) is 2. The Labute approximate surface area is 169 Å². The lowest BCUT2D eigenvalue weighted by Crippen LogP contribution is -2.46. The molecule has 9 heteroatoms. The van der Waals surface area contributed by atoms with Gasteiger partial charge in [-0.2, -0.15) is 0 Å². The fourth-order valence-corrected chi connectivity index (χ4v) is 3.74. The minimum absolute atomic E-state index is 0.156. The van der Waals surface area contributed by atoms with E-state index in [0.717, 1.165) is 4.57 Å². The number of aliphatic hydroxyl groups excluding tert-OH is 1. The first-order valence-electron chi connectivity index (χ1n) is 9.39. The topological polar surface area (TPSA) is 112 Å². The number of H-pyrrole nitrogens is 1. The fourth-order valence-electron chi connectivity index (χ4n) is 3.74. The smallest absolute Gasteiger partial charge is 0.330 e. The van der Waals surface area contributed by atoms with E-state index in [-0.39, 0.29) is 13.2 Å². The van der Waals surface area contributed by atoms with Gasteiger partial charge in [-0.1, -0.05) is 5.92 Å². The normalized spacial score (nSPS) is 25.1. The second kappa shape index (κ2) is 9.24. The molecule has 1 saturated heterocycles. The lowest BCUT2D eigenvalue weighted by atomic mass is 9.91. The summed E-state index contributed by atoms with van der Waals surface area (Å²) in [4.78, 5) is 25.6. The SMILES string of the molecule is C#CCOC(C)(C)CC(C)(C)OC1C(COC)OC(n2ccc(=O)[nH]c2=O)C1O. The van der Waals surface area contributed by atoms with Crippen molar-refractivity contribution >= 4 is 0 Å². The maximum Gasteiger partial charge on any atom is 0.330 e. The molecule has 0 amide bonds. The molecule has 0 saturated carbocycles. The van der Waals surface area contributed by atoms with Gasteiger partial charge in [0.15, 0.2) is 6.23 Å². The van der Waals surface area contributed by atoms with Crippen LogP contribution < -0.4 is 11.2 Å². The molecule has 1 aliphatic heterocycles. The average molecular weight is 410 g/mol. The summed E-state index contributed by atoms with van der Waals surface area (Å²) in [6, 6.07) is 1.19. The van der Waals surface area contributed by atoms with E-state index in [1.165, 1.54) is 19.4 Å². The summed E-state index contributed by atoms with van der Waals surface area (Å²) in [5, 5.41) is 10.9. The number of nitrogens with zero attached hydrogens (tertiary/aromatic N) is 1. The molecule has 9 nitrogen and oxygen atoms in total. The van der Waals surface area contributed by atoms with Crippen LogP contribution in [-0.2, 0) is 18.9 Å². The molecule has 0 bridgehead atoms. The van der Waals surface area contributed by atoms with Crippen LogP contribution in [0.1, 0.15) is 40.3 Å². The third-order valence-electron chi connectivity index (χ3n) is 4.62. The summed E-state index contributed by atoms with van der Waals surface area (Å²) in [6.07, 6.45) is 3.48. The Morgan fingerprint density at radius 2 is 2.00 bits per heavy atom. The van der Waals surface area contributed by atoms with Crippen molar-refractivity contribution in [2.45, 2.75) is 69.9 Å². The number of terminal acetylenes is 1. The zero-order valence-corrected chi connectivity index (χ0v) is 17.5. The number of hydrogen-bond acceptors (Lipinski definition) is 7. The highest BCUT2D eigenvalue weighted by Crippen LogP contribution is 2.36. The van der Waals surface area contributed by atoms with E-state index in [1.807, 2.05) is 27.7 Å². The van der Waals surface area contributed by atoms with Crippen molar-refractivity contribution in [1.29, 1.82) is 0 Å². The number of methoxy groups -OCH3 is 1. The van der Waals surface area contributed by atoms with Crippen LogP contribution in [0, 0.1) is 12.3 Å². The Kier molecular flexibility index (Phi) is 7.43. The first-order valence-corrected chi connectivity index (χ1v) is 9.39. The molecule has 2 heterocycles. The summed E-state index contributed by atoms with van der Waals surface area (Å²) in [5.41, 5.74) is -2.47. The molecule has 4 unspecified atom stereocenters. The van der Waals surface area contributed by atoms with E-state index in [9.17, 15) is 14.7 Å². The predicted molar refractivity (Wildman–Crippen MR) is 106 cm³/mol. The Morgan fingerprint density at radius 1 is 1.31 bits per heavy atom. The fraction of sp³-hybridized carbons (Fsp3) is 0.700. The molecule has 0 aromatic carbocycles. The molecule has 2 rings (SSSR count). The van der Waals surface area contributed by atoms with Gasteiger partial charge in [0.2, 0.25) is 0 Å². The summed E-state index contributed by atoms with van der Waals surface area (Å²) in [5.74, 6) is 2.45. The number of aliphatic hydroxyl groups is 1. The van der Waals surface area contributed by atoms with E-state index in [1.54, 1.807) is 0 Å². The third-order valence-corrected chi connectivity index (χ3v) is 4.62. The highest BCUT2D eigenvalue weighted by atomic mass is 16.6. The van der Waals surface area contributed by atoms with Crippen LogP contribution in [0.15, 0.2) is 21.9 Å². The summed E-state index contributed by atoms with van der Waals surface area (Å²) in [7, 11) is 1.51. The third kappa shape index (κ3) is 6.01. The Hall–Kier alpha value is -1.96. The van der Waals surface area contributed by atoms with Gasteiger partial charge in [-0.05, 0) is 27.7 Å². The van der Waals surface area contributed by atoms with Gasteiger partial charge in [0.05, 0.1) is 17.8 Å². The Balaban J connectivity index is 2.22. The number of rotatable bonds is 9. The van der Waals surface area contributed by atoms with Crippen molar-refractivity contribution in [3.63, 3.8) is 0 Å². The van der Waals surface area contributed by atoms with Crippen LogP contribution in [0.25, 0.3) is 0 Å². The monoisotopic (exact) mass is 410 g/mol. The number of nitrogens with one attached hydrogen (secondary N) is 1. The van der Waals surface area contributed by atoms with Crippen molar-refractivity contribution in [3.8, 4) is 12.3 Å². The number of aromatic amines is 1. The molecule has 0 radical (unpaired) electrons. The molecule has 162 valence electrons. The van der Waals surface area contributed by atoms with Crippen LogP contribution in [0.2, 0.25) is 0 Å². The zero-order chi connectivity index (χ0) is 21.8. The van der Waals surface area contributed by atoms with E-state index in [0.29, 0.717) is 6.42 Å². The van der Waals surface area contributed by atoms with Crippen LogP contribution in [0.5, 0.6) is 0 Å². The van der Waals surface area contributed by atoms with Gasteiger partial charge in [-0.25, -0.2) is 4.79 Å². The molecular formula is C20H30N2O7. The van der Waals surface area contributed by atoms with Gasteiger partial charge in [-0.15, -0.1) is 6.42 Å². The lowest BCUT2D eigenvalue weighted by molar-refractivity contribution is -0.156. The standard InChI is InChI=1S/C20H30N2O7/c1-7-10-27-19(2,3)12-20(4,5)29-16-13(11-26-6)28-17(15(16)24)22-9-8-14(23)21-18(22)25/h1,8-9,13,15-17,24H,10-12H2,2-6H3,(H,21,23,25). The zero-order valence-electron chi connectivity index (χ0n) is 17.5. The maximum absolute atomic E-state index is 12.1. The van der Waals surface area contributed by atoms with Crippen molar-refractivity contribution in [3.05, 3.63) is 33.1 Å². The van der Waals surface area contributed by atoms with E-state index in [4.69, 9.17) is 25.4 Å². The highest BCUT2D eigenvalue weighted by Gasteiger charge is 2.48. The van der Waals surface area contributed by atoms with E-state index >= 15 is 0 Å². The minimum Gasteiger partial charge on any atom is -0.386 e. The first kappa shape index (κ1) is 23.3. The molecule has 0 aliphatic carbocycles. The molecule has 1 fully saturated rings. The molecule has 0 spiro atoms. The minimum atomic E-state index is -1.16. The van der Waals surface area contributed by atoms with Crippen LogP contribution >= 0.6 is 0 Å². The summed E-state index contributed by atoms with van der Waals surface area (Å²) < 4.78 is 24.1. The Bertz CT molecular complexity index is 836. The van der Waals surface area contributed by atoms with Crippen molar-refractivity contribution in [2.24, 2.45) is 0 Å². The number of aromatic nitrogens is 2. The van der Waals surface area contributed by atoms with Crippen molar-refractivity contribution < 1.29 is 24.1 Å². The van der Waals surface area contributed by atoms with Gasteiger partial charge in [-0.3, -0.25) is 14.3 Å². The van der Waals surface area contributed by atoms with E-state index in [2.05, 4.69) is 10.9 Å². The summed E-state index contributed by atoms with van der Waals surface area (Å²) >= 11 is 0. The van der Waals surface area contributed by atoms with Gasteiger partial charge >= 0.3 is 5.69 Å². The maximum atomic E-state index is 12.1. The summed E-state index contributed by atoms with van der Waals surface area (Å²) in [6.45, 7) is 7.91. The van der Waals surface area contributed by atoms with E-state index < -0.39 is 47.0 Å². The van der Waals surface area contributed by atoms with Gasteiger partial charge in [0.25, 0.3) is 5.56 Å².